The van der Waals surface area contributed by atoms with E-state index in [0.29, 0.717) is 18.7 Å². The van der Waals surface area contributed by atoms with E-state index in [1.807, 2.05) is 23.9 Å². The first-order valence-electron chi connectivity index (χ1n) is 11.6. The van der Waals surface area contributed by atoms with Gasteiger partial charge in [-0.2, -0.15) is 0 Å². The zero-order chi connectivity index (χ0) is 26.7. The summed E-state index contributed by atoms with van der Waals surface area (Å²) in [6, 6.07) is 7.74. The Hall–Kier alpha value is -3.64. The Kier molecular flexibility index (Phi) is 10.7. The number of carbonyl (C=O) groups excluding carboxylic acids is 4. The lowest BCUT2D eigenvalue weighted by atomic mass is 10.1. The van der Waals surface area contributed by atoms with Crippen molar-refractivity contribution in [3.8, 4) is 0 Å². The van der Waals surface area contributed by atoms with Crippen molar-refractivity contribution in [1.29, 1.82) is 0 Å². The van der Waals surface area contributed by atoms with Crippen molar-refractivity contribution in [3.05, 3.63) is 59.4 Å². The number of hydrogen-bond donors (Lipinski definition) is 3. The number of nitrogens with two attached hydrogens (primary N) is 1. The van der Waals surface area contributed by atoms with Crippen LogP contribution in [0.25, 0.3) is 0 Å². The Bertz CT molecular complexity index is 1170. The molecule has 0 aliphatic heterocycles. The number of imide groups is 1. The third kappa shape index (κ3) is 7.95. The van der Waals surface area contributed by atoms with Crippen molar-refractivity contribution >= 4 is 33.7 Å². The molecule has 0 atom stereocenters. The van der Waals surface area contributed by atoms with E-state index in [9.17, 15) is 27.6 Å². The van der Waals surface area contributed by atoms with Crippen LogP contribution >= 0.6 is 0 Å². The molecule has 4 N–H and O–H groups in total. The van der Waals surface area contributed by atoms with Crippen LogP contribution in [0.1, 0.15) is 70.7 Å². The number of rotatable bonds is 12. The molecule has 0 radical (unpaired) electrons. The fourth-order valence-corrected chi connectivity index (χ4v) is 4.09. The number of nitrogens with one attached hydrogen (secondary N) is 2. The molecule has 1 aromatic carbocycles. The van der Waals surface area contributed by atoms with Gasteiger partial charge in [0.25, 0.3) is 27.7 Å². The summed E-state index contributed by atoms with van der Waals surface area (Å²) in [5, 5.41) is 2.00. The van der Waals surface area contributed by atoms with Gasteiger partial charge < -0.3 is 10.6 Å². The van der Waals surface area contributed by atoms with Gasteiger partial charge in [-0.1, -0.05) is 26.7 Å². The summed E-state index contributed by atoms with van der Waals surface area (Å²) >= 11 is 0. The molecule has 194 valence electrons. The maximum Gasteiger partial charge on any atom is 0.276 e. The molecule has 4 amide bonds. The van der Waals surface area contributed by atoms with E-state index >= 15 is 0 Å². The highest BCUT2D eigenvalue weighted by atomic mass is 32.2. The number of amides is 4. The topological polar surface area (TPSA) is 169 Å². The molecular weight excluding hydrogens is 486 g/mol. The van der Waals surface area contributed by atoms with Crippen molar-refractivity contribution in [2.75, 3.05) is 19.6 Å². The van der Waals surface area contributed by atoms with E-state index in [1.165, 1.54) is 36.4 Å². The van der Waals surface area contributed by atoms with Gasteiger partial charge in [0.2, 0.25) is 5.91 Å². The summed E-state index contributed by atoms with van der Waals surface area (Å²) < 4.78 is 27.3. The van der Waals surface area contributed by atoms with Gasteiger partial charge in [-0.05, 0) is 49.2 Å². The van der Waals surface area contributed by atoms with E-state index in [2.05, 4.69) is 4.98 Å². The SMILES string of the molecule is CCCCN(CCCC)C(=O)c1ccc(S(=O)(=O)NC(=O)c2ccc(C(=O)NC(=O)CN)nc2)cc1. The first kappa shape index (κ1) is 28.6. The minimum atomic E-state index is -4.23. The number of carbonyl (C=O) groups is 4. The third-order valence-electron chi connectivity index (χ3n) is 5.19. The maximum absolute atomic E-state index is 12.9. The normalized spacial score (nSPS) is 11.0. The van der Waals surface area contributed by atoms with Crippen molar-refractivity contribution in [3.63, 3.8) is 0 Å². The van der Waals surface area contributed by atoms with Gasteiger partial charge in [0.15, 0.2) is 0 Å². The number of hydrogen-bond acceptors (Lipinski definition) is 8. The van der Waals surface area contributed by atoms with Crippen LogP contribution < -0.4 is 15.8 Å². The summed E-state index contributed by atoms with van der Waals surface area (Å²) in [7, 11) is -4.23. The lowest BCUT2D eigenvalue weighted by Crippen LogP contribution is -2.36. The zero-order valence-electron chi connectivity index (χ0n) is 20.3. The van der Waals surface area contributed by atoms with Gasteiger partial charge in [0.05, 0.1) is 17.0 Å². The molecule has 11 nitrogen and oxygen atoms in total. The molecule has 2 rings (SSSR count). The lowest BCUT2D eigenvalue weighted by molar-refractivity contribution is -0.118. The largest absolute Gasteiger partial charge is 0.339 e. The van der Waals surface area contributed by atoms with Crippen molar-refractivity contribution in [2.24, 2.45) is 5.73 Å². The minimum Gasteiger partial charge on any atom is -0.339 e. The lowest BCUT2D eigenvalue weighted by Gasteiger charge is -2.22. The number of unbranched alkanes of at least 4 members (excludes halogenated alkanes) is 2. The third-order valence-corrected chi connectivity index (χ3v) is 6.53. The van der Waals surface area contributed by atoms with E-state index < -0.39 is 27.7 Å². The number of nitrogens with zero attached hydrogens (tertiary/aromatic N) is 2. The Morgan fingerprint density at radius 2 is 1.47 bits per heavy atom. The van der Waals surface area contributed by atoms with Crippen LogP contribution in [0.15, 0.2) is 47.5 Å². The van der Waals surface area contributed by atoms with Crippen molar-refractivity contribution in [1.82, 2.24) is 19.9 Å². The molecule has 0 unspecified atom stereocenters. The van der Waals surface area contributed by atoms with Crippen LogP contribution in [0.2, 0.25) is 0 Å². The second kappa shape index (κ2) is 13.4. The van der Waals surface area contributed by atoms with Crippen LogP contribution in [0, 0.1) is 0 Å². The van der Waals surface area contributed by atoms with Gasteiger partial charge >= 0.3 is 0 Å². The van der Waals surface area contributed by atoms with Gasteiger partial charge in [-0.3, -0.25) is 29.5 Å². The summed E-state index contributed by atoms with van der Waals surface area (Å²) in [4.78, 5) is 53.7. The average Bonchev–Trinajstić information content (AvgIpc) is 2.88. The molecule has 12 heteroatoms. The summed E-state index contributed by atoms with van der Waals surface area (Å²) in [5.74, 6) is -2.63. The predicted octanol–water partition coefficient (Wildman–Crippen LogP) is 1.46. The fraction of sp³-hybridized carbons (Fsp3) is 0.375. The van der Waals surface area contributed by atoms with Gasteiger partial charge in [-0.15, -0.1) is 0 Å². The highest BCUT2D eigenvalue weighted by Gasteiger charge is 2.21. The van der Waals surface area contributed by atoms with E-state index in [-0.39, 0.29) is 28.6 Å². The van der Waals surface area contributed by atoms with Gasteiger partial charge in [0, 0.05) is 24.8 Å². The summed E-state index contributed by atoms with van der Waals surface area (Å²) in [5.41, 5.74) is 5.22. The number of benzene rings is 1. The van der Waals surface area contributed by atoms with Crippen LogP contribution in [-0.4, -0.2) is 61.6 Å². The fourth-order valence-electron chi connectivity index (χ4n) is 3.12. The molecule has 2 aromatic rings. The number of aromatic nitrogens is 1. The van der Waals surface area contributed by atoms with E-state index in [4.69, 9.17) is 5.73 Å². The molecule has 0 fully saturated rings. The number of sulfonamides is 1. The molecule has 0 bridgehead atoms. The van der Waals surface area contributed by atoms with Gasteiger partial charge in [0.1, 0.15) is 5.69 Å². The Labute approximate surface area is 210 Å². The molecule has 0 saturated heterocycles. The van der Waals surface area contributed by atoms with Crippen LogP contribution in [0.4, 0.5) is 0 Å². The predicted molar refractivity (Wildman–Crippen MR) is 133 cm³/mol. The highest BCUT2D eigenvalue weighted by molar-refractivity contribution is 7.90. The molecule has 36 heavy (non-hydrogen) atoms. The summed E-state index contributed by atoms with van der Waals surface area (Å²) in [6.45, 7) is 4.97. The molecule has 0 aliphatic rings. The molecule has 1 aromatic heterocycles. The Morgan fingerprint density at radius 1 is 0.889 bits per heavy atom. The minimum absolute atomic E-state index is 0.116. The first-order chi connectivity index (χ1) is 17.1. The Morgan fingerprint density at radius 3 is 1.97 bits per heavy atom. The van der Waals surface area contributed by atoms with E-state index in [0.717, 1.165) is 31.9 Å². The van der Waals surface area contributed by atoms with Crippen LogP contribution in [0.3, 0.4) is 0 Å². The number of pyridine rings is 1. The van der Waals surface area contributed by atoms with Crippen molar-refractivity contribution in [2.45, 2.75) is 44.4 Å². The molecule has 0 spiro atoms. The quantitative estimate of drug-likeness (QED) is 0.380. The van der Waals surface area contributed by atoms with Crippen LogP contribution in [0.5, 0.6) is 0 Å². The van der Waals surface area contributed by atoms with Crippen LogP contribution in [-0.2, 0) is 14.8 Å². The average molecular weight is 518 g/mol. The molecule has 1 heterocycles. The molecule has 0 aliphatic carbocycles. The summed E-state index contributed by atoms with van der Waals surface area (Å²) in [6.07, 6.45) is 4.66. The molecule has 0 saturated carbocycles. The highest BCUT2D eigenvalue weighted by Crippen LogP contribution is 2.14. The second-order valence-corrected chi connectivity index (χ2v) is 9.65. The zero-order valence-corrected chi connectivity index (χ0v) is 21.1. The smallest absolute Gasteiger partial charge is 0.276 e. The van der Waals surface area contributed by atoms with Crippen molar-refractivity contribution < 1.29 is 27.6 Å². The Balaban J connectivity index is 2.09. The maximum atomic E-state index is 12.9. The second-order valence-electron chi connectivity index (χ2n) is 7.97. The molecular formula is C24H31N5O6S. The van der Waals surface area contributed by atoms with Gasteiger partial charge in [-0.25, -0.2) is 13.1 Å². The monoisotopic (exact) mass is 517 g/mol. The first-order valence-corrected chi connectivity index (χ1v) is 13.1. The standard InChI is InChI=1S/C24H31N5O6S/c1-3-5-13-29(14-6-4-2)24(33)17-7-10-19(11-8-17)36(34,35)28-22(31)18-9-12-20(26-16-18)23(32)27-21(30)15-25/h7-12,16H,3-6,13-15,25H2,1-2H3,(H,28,31)(H,27,30,32). The van der Waals surface area contributed by atoms with E-state index in [1.54, 1.807) is 4.90 Å².